The zero-order chi connectivity index (χ0) is 23.5. The second-order valence-corrected chi connectivity index (χ2v) is 11.0. The Labute approximate surface area is 201 Å². The molecule has 0 saturated carbocycles. The molecule has 0 bridgehead atoms. The predicted molar refractivity (Wildman–Crippen MR) is 132 cm³/mol. The molecule has 2 aromatic carbocycles. The summed E-state index contributed by atoms with van der Waals surface area (Å²) in [6, 6.07) is 9.83. The average Bonchev–Trinajstić information content (AvgIpc) is 2.73. The molecule has 32 heavy (non-hydrogen) atoms. The van der Waals surface area contributed by atoms with Crippen molar-refractivity contribution < 1.29 is 13.2 Å². The van der Waals surface area contributed by atoms with Crippen molar-refractivity contribution in [3.63, 3.8) is 0 Å². The Morgan fingerprint density at radius 1 is 1.00 bits per heavy atom. The van der Waals surface area contributed by atoms with Gasteiger partial charge in [-0.15, -0.1) is 0 Å². The molecule has 0 aromatic heterocycles. The molecule has 2 aromatic rings. The topological polar surface area (TPSA) is 66.5 Å². The second kappa shape index (κ2) is 10.4. The minimum absolute atomic E-state index is 0.201. The fraction of sp³-hybridized carbons (Fsp3) is 0.458. The van der Waals surface area contributed by atoms with Crippen LogP contribution in [0.1, 0.15) is 62.3 Å². The van der Waals surface area contributed by atoms with Crippen LogP contribution in [0.4, 0.5) is 5.69 Å². The number of sulfonamides is 1. The van der Waals surface area contributed by atoms with Crippen LogP contribution in [-0.4, -0.2) is 26.6 Å². The zero-order valence-electron chi connectivity index (χ0n) is 18.7. The number of hydrogen-bond acceptors (Lipinski definition) is 3. The fourth-order valence-corrected chi connectivity index (χ4v) is 6.10. The summed E-state index contributed by atoms with van der Waals surface area (Å²) in [5, 5.41) is 3.69. The Morgan fingerprint density at radius 3 is 2.19 bits per heavy atom. The van der Waals surface area contributed by atoms with Crippen molar-refractivity contribution in [1.29, 1.82) is 0 Å². The Balaban J connectivity index is 1.90. The summed E-state index contributed by atoms with van der Waals surface area (Å²) in [7, 11) is -3.77. The maximum Gasteiger partial charge on any atom is 0.244 e. The summed E-state index contributed by atoms with van der Waals surface area (Å²) in [5.41, 5.74) is 4.05. The molecule has 1 aliphatic rings. The van der Waals surface area contributed by atoms with Gasteiger partial charge >= 0.3 is 0 Å². The molecule has 1 amide bonds. The first-order chi connectivity index (χ1) is 15.1. The Morgan fingerprint density at radius 2 is 1.62 bits per heavy atom. The van der Waals surface area contributed by atoms with Crippen LogP contribution >= 0.6 is 23.2 Å². The Kier molecular flexibility index (Phi) is 8.12. The molecule has 0 heterocycles. The van der Waals surface area contributed by atoms with E-state index in [9.17, 15) is 13.2 Å². The minimum atomic E-state index is -3.77. The van der Waals surface area contributed by atoms with Gasteiger partial charge in [0.25, 0.3) is 0 Å². The van der Waals surface area contributed by atoms with Crippen LogP contribution in [0.2, 0.25) is 10.0 Å². The van der Waals surface area contributed by atoms with E-state index >= 15 is 0 Å². The number of anilines is 1. The lowest BCUT2D eigenvalue weighted by atomic mass is 9.88. The second-order valence-electron chi connectivity index (χ2n) is 8.32. The van der Waals surface area contributed by atoms with Gasteiger partial charge in [0.2, 0.25) is 15.9 Å². The molecule has 1 aliphatic carbocycles. The van der Waals surface area contributed by atoms with Crippen molar-refractivity contribution in [3.8, 4) is 0 Å². The Bertz CT molecular complexity index is 1070. The third kappa shape index (κ3) is 5.77. The maximum absolute atomic E-state index is 13.4. The highest BCUT2D eigenvalue weighted by molar-refractivity contribution is 7.92. The van der Waals surface area contributed by atoms with Gasteiger partial charge in [-0.05, 0) is 73.4 Å². The van der Waals surface area contributed by atoms with E-state index in [2.05, 4.69) is 23.5 Å². The van der Waals surface area contributed by atoms with E-state index < -0.39 is 16.1 Å². The van der Waals surface area contributed by atoms with Crippen molar-refractivity contribution in [2.45, 2.75) is 64.5 Å². The van der Waals surface area contributed by atoms with Gasteiger partial charge in [0.05, 0.1) is 18.0 Å². The number of nitrogens with one attached hydrogen (secondary N) is 1. The molecule has 3 rings (SSSR count). The summed E-state index contributed by atoms with van der Waals surface area (Å²) >= 11 is 12.2. The lowest BCUT2D eigenvalue weighted by Crippen LogP contribution is -2.50. The lowest BCUT2D eigenvalue weighted by Gasteiger charge is -2.32. The number of amides is 1. The molecule has 8 heteroatoms. The van der Waals surface area contributed by atoms with Crippen molar-refractivity contribution in [3.05, 3.63) is 63.1 Å². The first-order valence-corrected chi connectivity index (χ1v) is 13.6. The van der Waals surface area contributed by atoms with Crippen molar-refractivity contribution >= 4 is 44.8 Å². The van der Waals surface area contributed by atoms with Gasteiger partial charge in [-0.25, -0.2) is 8.42 Å². The summed E-state index contributed by atoms with van der Waals surface area (Å²) in [4.78, 5) is 13.4. The van der Waals surface area contributed by atoms with Crippen LogP contribution in [0.5, 0.6) is 0 Å². The third-order valence-corrected chi connectivity index (χ3v) is 7.55. The monoisotopic (exact) mass is 496 g/mol. The number of fused-ring (bicyclic) bond motifs is 1. The standard InChI is InChI=1S/C24H30Cl2N2O3S/c1-4-22(18-11-10-16-8-6-7-9-17(16)12-18)27-24(29)23(5-2)28(32(3,30)31)21-14-19(25)13-20(26)15-21/h10-15,22-23H,4-9H2,1-3H3,(H,27,29)/t22-,23-/m0/s1. The molecule has 0 unspecified atom stereocenters. The largest absolute Gasteiger partial charge is 0.347 e. The zero-order valence-corrected chi connectivity index (χ0v) is 21.0. The van der Waals surface area contributed by atoms with Crippen molar-refractivity contribution in [1.82, 2.24) is 5.32 Å². The third-order valence-electron chi connectivity index (χ3n) is 5.93. The quantitative estimate of drug-likeness (QED) is 0.510. The molecule has 174 valence electrons. The van der Waals surface area contributed by atoms with E-state index in [1.165, 1.54) is 42.2 Å². The van der Waals surface area contributed by atoms with E-state index in [1.54, 1.807) is 6.92 Å². The van der Waals surface area contributed by atoms with Gasteiger partial charge in [-0.1, -0.05) is 55.2 Å². The number of rotatable bonds is 8. The number of benzene rings is 2. The maximum atomic E-state index is 13.4. The molecule has 5 nitrogen and oxygen atoms in total. The van der Waals surface area contributed by atoms with Crippen molar-refractivity contribution in [2.75, 3.05) is 10.6 Å². The summed E-state index contributed by atoms with van der Waals surface area (Å²) in [6.07, 6.45) is 6.63. The number of hydrogen-bond donors (Lipinski definition) is 1. The lowest BCUT2D eigenvalue weighted by molar-refractivity contribution is -0.123. The van der Waals surface area contributed by atoms with Crippen LogP contribution in [0, 0.1) is 0 Å². The van der Waals surface area contributed by atoms with Gasteiger partial charge in [-0.3, -0.25) is 9.10 Å². The molecule has 0 saturated heterocycles. The van der Waals surface area contributed by atoms with Gasteiger partial charge < -0.3 is 5.32 Å². The smallest absolute Gasteiger partial charge is 0.244 e. The van der Waals surface area contributed by atoms with Gasteiger partial charge in [0, 0.05) is 10.0 Å². The van der Waals surface area contributed by atoms with E-state index in [1.807, 2.05) is 6.92 Å². The number of carbonyl (C=O) groups excluding carboxylic acids is 1. The predicted octanol–water partition coefficient (Wildman–Crippen LogP) is 5.68. The van der Waals surface area contributed by atoms with E-state index in [0.717, 1.165) is 29.0 Å². The minimum Gasteiger partial charge on any atom is -0.347 e. The Hall–Kier alpha value is -1.76. The van der Waals surface area contributed by atoms with Crippen LogP contribution in [0.25, 0.3) is 0 Å². The molecule has 1 N–H and O–H groups in total. The number of aryl methyl sites for hydroxylation is 2. The van der Waals surface area contributed by atoms with Crippen molar-refractivity contribution in [2.24, 2.45) is 0 Å². The highest BCUT2D eigenvalue weighted by Crippen LogP contribution is 2.30. The fourth-order valence-electron chi connectivity index (χ4n) is 4.39. The van der Waals surface area contributed by atoms with Gasteiger partial charge in [-0.2, -0.15) is 0 Å². The van der Waals surface area contributed by atoms with Crippen LogP contribution in [-0.2, 0) is 27.7 Å². The number of carbonyl (C=O) groups is 1. The molecule has 0 spiro atoms. The molecule has 0 aliphatic heterocycles. The van der Waals surface area contributed by atoms with Crippen LogP contribution in [0.3, 0.4) is 0 Å². The number of nitrogens with zero attached hydrogens (tertiary/aromatic N) is 1. The van der Waals surface area contributed by atoms with Crippen LogP contribution in [0.15, 0.2) is 36.4 Å². The summed E-state index contributed by atoms with van der Waals surface area (Å²) in [5.74, 6) is -0.349. The average molecular weight is 497 g/mol. The first-order valence-electron chi connectivity index (χ1n) is 11.0. The van der Waals surface area contributed by atoms with Gasteiger partial charge in [0.1, 0.15) is 6.04 Å². The molecule has 2 atom stereocenters. The normalized spacial score (nSPS) is 15.5. The molecule has 0 fully saturated rings. The van der Waals surface area contributed by atoms with E-state index in [0.29, 0.717) is 22.9 Å². The SMILES string of the molecule is CC[C@H](NC(=O)[C@H](CC)N(c1cc(Cl)cc(Cl)c1)S(C)(=O)=O)c1ccc2c(c1)CCCC2. The first kappa shape index (κ1) is 24.9. The highest BCUT2D eigenvalue weighted by atomic mass is 35.5. The van der Waals surface area contributed by atoms with E-state index in [-0.39, 0.29) is 17.6 Å². The molecular formula is C24H30Cl2N2O3S. The summed E-state index contributed by atoms with van der Waals surface area (Å²) in [6.45, 7) is 3.80. The molecule has 0 radical (unpaired) electrons. The molecular weight excluding hydrogens is 467 g/mol. The van der Waals surface area contributed by atoms with Gasteiger partial charge in [0.15, 0.2) is 0 Å². The highest BCUT2D eigenvalue weighted by Gasteiger charge is 2.33. The summed E-state index contributed by atoms with van der Waals surface area (Å²) < 4.78 is 26.5. The van der Waals surface area contributed by atoms with Crippen LogP contribution < -0.4 is 9.62 Å². The van der Waals surface area contributed by atoms with E-state index in [4.69, 9.17) is 23.2 Å². The number of halogens is 2.